The largest absolute Gasteiger partial charge is 0.390 e. The van der Waals surface area contributed by atoms with Crippen LogP contribution in [0.2, 0.25) is 0 Å². The van der Waals surface area contributed by atoms with Crippen LogP contribution in [0.5, 0.6) is 0 Å². The molecule has 0 aliphatic rings. The van der Waals surface area contributed by atoms with Crippen molar-refractivity contribution in [1.82, 2.24) is 10.6 Å². The Hall–Kier alpha value is -0.980. The summed E-state index contributed by atoms with van der Waals surface area (Å²) in [6.07, 6.45) is -2.15. The van der Waals surface area contributed by atoms with Gasteiger partial charge in [0.25, 0.3) is 0 Å². The molecule has 6 nitrogen and oxygen atoms in total. The molecule has 6 heteroatoms. The fourth-order valence-electron chi connectivity index (χ4n) is 0.956. The van der Waals surface area contributed by atoms with Crippen LogP contribution in [0.15, 0.2) is 0 Å². The normalized spacial score (nSPS) is 14.3. The van der Waals surface area contributed by atoms with E-state index in [9.17, 15) is 9.59 Å². The number of hydrogen-bond donors (Lipinski definition) is 4. The van der Waals surface area contributed by atoms with Crippen molar-refractivity contribution < 1.29 is 19.8 Å². The van der Waals surface area contributed by atoms with Crippen LogP contribution in [0.1, 0.15) is 12.8 Å². The van der Waals surface area contributed by atoms with Crippen LogP contribution in [0, 0.1) is 0 Å². The molecule has 0 heterocycles. The highest BCUT2D eigenvalue weighted by molar-refractivity contribution is 5.75. The number of carbonyl (C=O) groups excluding carboxylic acids is 2. The van der Waals surface area contributed by atoms with Gasteiger partial charge in [0.05, 0.1) is 6.10 Å². The second-order valence-corrected chi connectivity index (χ2v) is 3.19. The second kappa shape index (κ2) is 8.34. The van der Waals surface area contributed by atoms with Gasteiger partial charge < -0.3 is 25.6 Å². The Bertz CT molecular complexity index is 199. The molecule has 0 saturated heterocycles. The zero-order valence-corrected chi connectivity index (χ0v) is 8.77. The van der Waals surface area contributed by atoms with Crippen LogP contribution in [0.4, 0.5) is 0 Å². The lowest BCUT2D eigenvalue weighted by atomic mass is 10.1. The van der Waals surface area contributed by atoms with Crippen molar-refractivity contribution in [3.63, 3.8) is 0 Å². The van der Waals surface area contributed by atoms with Gasteiger partial charge in [-0.15, -0.1) is 0 Å². The van der Waals surface area contributed by atoms with Crippen LogP contribution in [-0.4, -0.2) is 54.8 Å². The first-order valence-corrected chi connectivity index (χ1v) is 4.84. The summed E-state index contributed by atoms with van der Waals surface area (Å²) in [5, 5.41) is 23.5. The number of nitrogens with one attached hydrogen (secondary N) is 2. The molecule has 0 radical (unpaired) electrons. The number of rotatable bonds is 8. The fourth-order valence-corrected chi connectivity index (χ4v) is 0.956. The lowest BCUT2D eigenvalue weighted by Crippen LogP contribution is -2.33. The fraction of sp³-hybridized carbons (Fsp3) is 0.778. The zero-order chi connectivity index (χ0) is 11.7. The molecule has 0 saturated carbocycles. The first kappa shape index (κ1) is 14.0. The quantitative estimate of drug-likeness (QED) is 0.280. The molecule has 0 bridgehead atoms. The number of carbonyl (C=O) groups is 2. The first-order chi connectivity index (χ1) is 7.11. The SMILES string of the molecule is CNCCNC(=O)CCC(O)C(O)C=O. The van der Waals surface area contributed by atoms with E-state index in [-0.39, 0.29) is 25.0 Å². The number of hydrogen-bond acceptors (Lipinski definition) is 5. The number of amides is 1. The van der Waals surface area contributed by atoms with Gasteiger partial charge >= 0.3 is 0 Å². The molecule has 0 aromatic carbocycles. The van der Waals surface area contributed by atoms with Crippen molar-refractivity contribution in [3.8, 4) is 0 Å². The predicted octanol–water partition coefficient (Wildman–Crippen LogP) is -1.98. The summed E-state index contributed by atoms with van der Waals surface area (Å²) in [6.45, 7) is 1.19. The average molecular weight is 218 g/mol. The van der Waals surface area contributed by atoms with Crippen molar-refractivity contribution in [2.45, 2.75) is 25.0 Å². The summed E-state index contributed by atoms with van der Waals surface area (Å²) >= 11 is 0. The lowest BCUT2D eigenvalue weighted by Gasteiger charge is -2.11. The topological polar surface area (TPSA) is 98.7 Å². The zero-order valence-electron chi connectivity index (χ0n) is 8.77. The third-order valence-electron chi connectivity index (χ3n) is 1.90. The average Bonchev–Trinajstić information content (AvgIpc) is 2.25. The molecule has 0 spiro atoms. The van der Waals surface area contributed by atoms with E-state index in [2.05, 4.69) is 10.6 Å². The van der Waals surface area contributed by atoms with Gasteiger partial charge in [0.15, 0.2) is 6.29 Å². The third-order valence-corrected chi connectivity index (χ3v) is 1.90. The molecule has 0 aliphatic carbocycles. The minimum Gasteiger partial charge on any atom is -0.390 e. The van der Waals surface area contributed by atoms with Crippen LogP contribution in [0.25, 0.3) is 0 Å². The molecule has 2 unspecified atom stereocenters. The van der Waals surface area contributed by atoms with E-state index in [1.165, 1.54) is 0 Å². The monoisotopic (exact) mass is 218 g/mol. The van der Waals surface area contributed by atoms with Crippen molar-refractivity contribution in [3.05, 3.63) is 0 Å². The summed E-state index contributed by atoms with van der Waals surface area (Å²) in [5.74, 6) is -0.206. The molecule has 4 N–H and O–H groups in total. The van der Waals surface area contributed by atoms with Crippen LogP contribution >= 0.6 is 0 Å². The molecule has 0 aromatic rings. The predicted molar refractivity (Wildman–Crippen MR) is 54.2 cm³/mol. The van der Waals surface area contributed by atoms with E-state index in [4.69, 9.17) is 10.2 Å². The smallest absolute Gasteiger partial charge is 0.220 e. The van der Waals surface area contributed by atoms with Gasteiger partial charge in [-0.3, -0.25) is 4.79 Å². The van der Waals surface area contributed by atoms with Crippen LogP contribution < -0.4 is 10.6 Å². The molecular weight excluding hydrogens is 200 g/mol. The Morgan fingerprint density at radius 1 is 1.40 bits per heavy atom. The molecular formula is C9H18N2O4. The minimum atomic E-state index is -1.41. The Balaban J connectivity index is 3.57. The van der Waals surface area contributed by atoms with E-state index in [0.717, 1.165) is 0 Å². The van der Waals surface area contributed by atoms with E-state index in [0.29, 0.717) is 13.1 Å². The van der Waals surface area contributed by atoms with E-state index < -0.39 is 12.2 Å². The minimum absolute atomic E-state index is 0.0747. The molecule has 0 aromatic heterocycles. The number of aldehydes is 1. The number of aliphatic hydroxyl groups is 2. The molecule has 0 fully saturated rings. The molecule has 88 valence electrons. The first-order valence-electron chi connectivity index (χ1n) is 4.84. The van der Waals surface area contributed by atoms with Crippen LogP contribution in [0.3, 0.4) is 0 Å². The molecule has 1 amide bonds. The van der Waals surface area contributed by atoms with Gasteiger partial charge in [-0.05, 0) is 13.5 Å². The van der Waals surface area contributed by atoms with Gasteiger partial charge in [0, 0.05) is 19.5 Å². The molecule has 2 atom stereocenters. The standard InChI is InChI=1S/C9H18N2O4/c1-10-4-5-11-9(15)3-2-7(13)8(14)6-12/h6-8,10,13-14H,2-5H2,1H3,(H,11,15). The highest BCUT2D eigenvalue weighted by Gasteiger charge is 2.16. The molecule has 0 aliphatic heterocycles. The van der Waals surface area contributed by atoms with Crippen LogP contribution in [-0.2, 0) is 9.59 Å². The highest BCUT2D eigenvalue weighted by Crippen LogP contribution is 2.00. The third kappa shape index (κ3) is 7.01. The van der Waals surface area contributed by atoms with Crippen molar-refractivity contribution in [2.24, 2.45) is 0 Å². The number of aliphatic hydroxyl groups excluding tert-OH is 2. The Morgan fingerprint density at radius 2 is 2.07 bits per heavy atom. The van der Waals surface area contributed by atoms with Crippen molar-refractivity contribution in [1.29, 1.82) is 0 Å². The summed E-state index contributed by atoms with van der Waals surface area (Å²) in [5.41, 5.74) is 0. The summed E-state index contributed by atoms with van der Waals surface area (Å²) in [4.78, 5) is 21.2. The summed E-state index contributed by atoms with van der Waals surface area (Å²) < 4.78 is 0. The van der Waals surface area contributed by atoms with Crippen molar-refractivity contribution in [2.75, 3.05) is 20.1 Å². The molecule has 15 heavy (non-hydrogen) atoms. The summed E-state index contributed by atoms with van der Waals surface area (Å²) in [6, 6.07) is 0. The maximum absolute atomic E-state index is 11.1. The highest BCUT2D eigenvalue weighted by atomic mass is 16.3. The van der Waals surface area contributed by atoms with E-state index in [1.807, 2.05) is 0 Å². The molecule has 0 rings (SSSR count). The van der Waals surface area contributed by atoms with Gasteiger partial charge in [-0.2, -0.15) is 0 Å². The van der Waals surface area contributed by atoms with Gasteiger partial charge in [0.1, 0.15) is 6.10 Å². The van der Waals surface area contributed by atoms with Gasteiger partial charge in [-0.1, -0.05) is 0 Å². The maximum Gasteiger partial charge on any atom is 0.220 e. The van der Waals surface area contributed by atoms with E-state index in [1.54, 1.807) is 7.05 Å². The Labute approximate surface area is 88.7 Å². The van der Waals surface area contributed by atoms with Crippen molar-refractivity contribution >= 4 is 12.2 Å². The Morgan fingerprint density at radius 3 is 2.60 bits per heavy atom. The van der Waals surface area contributed by atoms with Gasteiger partial charge in [0.2, 0.25) is 5.91 Å². The number of likely N-dealkylation sites (N-methyl/N-ethyl adjacent to an activating group) is 1. The lowest BCUT2D eigenvalue weighted by molar-refractivity contribution is -0.124. The Kier molecular flexibility index (Phi) is 7.79. The second-order valence-electron chi connectivity index (χ2n) is 3.19. The maximum atomic E-state index is 11.1. The van der Waals surface area contributed by atoms with E-state index >= 15 is 0 Å². The summed E-state index contributed by atoms with van der Waals surface area (Å²) in [7, 11) is 1.77. The van der Waals surface area contributed by atoms with Gasteiger partial charge in [-0.25, -0.2) is 0 Å².